The Hall–Kier alpha value is -2.64. The largest absolute Gasteiger partial charge is 0.330 e. The van der Waals surface area contributed by atoms with Crippen LogP contribution in [0.5, 0.6) is 0 Å². The molecule has 0 aliphatic heterocycles. The second kappa shape index (κ2) is 6.46. The van der Waals surface area contributed by atoms with Crippen molar-refractivity contribution in [3.63, 3.8) is 0 Å². The molecule has 1 saturated carbocycles. The number of benzene rings is 1. The summed E-state index contributed by atoms with van der Waals surface area (Å²) in [6.45, 7) is 1.69. The van der Waals surface area contributed by atoms with Gasteiger partial charge in [0.05, 0.1) is 11.0 Å². The van der Waals surface area contributed by atoms with Crippen LogP contribution in [0, 0.1) is 17.8 Å². The van der Waals surface area contributed by atoms with Crippen LogP contribution in [-0.4, -0.2) is 21.1 Å². The Morgan fingerprint density at radius 1 is 1.17 bits per heavy atom. The lowest BCUT2D eigenvalue weighted by Gasteiger charge is -2.07. The molecule has 1 aliphatic carbocycles. The van der Waals surface area contributed by atoms with Gasteiger partial charge in [-0.2, -0.15) is 0 Å². The SMILES string of the molecule is NCCc1nc2cc(C#Cc3ccccn3)ccc2n1CC1CC1. The number of nitrogens with two attached hydrogens (primary N) is 1. The van der Waals surface area contributed by atoms with Gasteiger partial charge in [-0.15, -0.1) is 0 Å². The van der Waals surface area contributed by atoms with Crippen molar-refractivity contribution in [2.75, 3.05) is 6.54 Å². The fourth-order valence-electron chi connectivity index (χ4n) is 2.91. The standard InChI is InChI=1S/C20H20N4/c21-11-10-20-23-18-13-15(6-8-17-3-1-2-12-22-17)7-9-19(18)24(20)14-16-4-5-16/h1-3,7,9,12-13,16H,4-5,10-11,14,21H2. The van der Waals surface area contributed by atoms with Crippen LogP contribution in [-0.2, 0) is 13.0 Å². The first kappa shape index (κ1) is 14.9. The molecule has 0 saturated heterocycles. The Kier molecular flexibility index (Phi) is 4.02. The minimum Gasteiger partial charge on any atom is -0.330 e. The van der Waals surface area contributed by atoms with Gasteiger partial charge in [-0.3, -0.25) is 0 Å². The van der Waals surface area contributed by atoms with Crippen molar-refractivity contribution in [1.29, 1.82) is 0 Å². The van der Waals surface area contributed by atoms with Crippen molar-refractivity contribution in [1.82, 2.24) is 14.5 Å². The molecular weight excluding hydrogens is 296 g/mol. The van der Waals surface area contributed by atoms with E-state index in [4.69, 9.17) is 10.7 Å². The molecule has 3 aromatic rings. The molecule has 1 aliphatic rings. The second-order valence-electron chi connectivity index (χ2n) is 6.29. The van der Waals surface area contributed by atoms with Crippen LogP contribution in [0.25, 0.3) is 11.0 Å². The Labute approximate surface area is 141 Å². The normalized spacial score (nSPS) is 13.7. The Morgan fingerprint density at radius 3 is 2.83 bits per heavy atom. The molecule has 120 valence electrons. The fraction of sp³-hybridized carbons (Fsp3) is 0.300. The van der Waals surface area contributed by atoms with Gasteiger partial charge in [-0.25, -0.2) is 9.97 Å². The predicted octanol–water partition coefficient (Wildman–Crippen LogP) is 2.74. The minimum atomic E-state index is 0.625. The Bertz CT molecular complexity index is 911. The topological polar surface area (TPSA) is 56.7 Å². The molecule has 0 amide bonds. The van der Waals surface area contributed by atoms with Gasteiger partial charge in [0, 0.05) is 24.7 Å². The average molecular weight is 316 g/mol. The van der Waals surface area contributed by atoms with Crippen LogP contribution in [0.15, 0.2) is 42.6 Å². The first-order chi connectivity index (χ1) is 11.8. The summed E-state index contributed by atoms with van der Waals surface area (Å²) >= 11 is 0. The highest BCUT2D eigenvalue weighted by Crippen LogP contribution is 2.32. The molecule has 4 heteroatoms. The molecule has 24 heavy (non-hydrogen) atoms. The van der Waals surface area contributed by atoms with E-state index in [2.05, 4.69) is 39.6 Å². The van der Waals surface area contributed by atoms with Crippen LogP contribution >= 0.6 is 0 Å². The van der Waals surface area contributed by atoms with Gasteiger partial charge in [-0.05, 0) is 61.6 Å². The lowest BCUT2D eigenvalue weighted by Crippen LogP contribution is -2.11. The summed E-state index contributed by atoms with van der Waals surface area (Å²) < 4.78 is 2.34. The number of imidazole rings is 1. The van der Waals surface area contributed by atoms with Crippen molar-refractivity contribution in [3.8, 4) is 11.8 Å². The molecule has 0 unspecified atom stereocenters. The maximum absolute atomic E-state index is 5.76. The third-order valence-electron chi connectivity index (χ3n) is 4.33. The van der Waals surface area contributed by atoms with E-state index in [-0.39, 0.29) is 0 Å². The van der Waals surface area contributed by atoms with Gasteiger partial charge < -0.3 is 10.3 Å². The van der Waals surface area contributed by atoms with Gasteiger partial charge in [0.2, 0.25) is 0 Å². The highest BCUT2D eigenvalue weighted by atomic mass is 15.1. The van der Waals surface area contributed by atoms with E-state index in [0.717, 1.165) is 41.5 Å². The lowest BCUT2D eigenvalue weighted by atomic mass is 10.2. The monoisotopic (exact) mass is 316 g/mol. The van der Waals surface area contributed by atoms with Crippen LogP contribution in [0.4, 0.5) is 0 Å². The molecule has 2 N–H and O–H groups in total. The summed E-state index contributed by atoms with van der Waals surface area (Å²) in [7, 11) is 0. The molecule has 0 atom stereocenters. The third-order valence-corrected chi connectivity index (χ3v) is 4.33. The van der Waals surface area contributed by atoms with Gasteiger partial charge in [0.25, 0.3) is 0 Å². The van der Waals surface area contributed by atoms with Crippen molar-refractivity contribution in [2.24, 2.45) is 11.7 Å². The first-order valence-electron chi connectivity index (χ1n) is 8.46. The quantitative estimate of drug-likeness (QED) is 0.753. The van der Waals surface area contributed by atoms with Gasteiger partial charge in [0.15, 0.2) is 0 Å². The predicted molar refractivity (Wildman–Crippen MR) is 95.4 cm³/mol. The highest BCUT2D eigenvalue weighted by Gasteiger charge is 2.24. The van der Waals surface area contributed by atoms with Crippen LogP contribution in [0.3, 0.4) is 0 Å². The summed E-state index contributed by atoms with van der Waals surface area (Å²) in [6.07, 6.45) is 5.23. The molecule has 0 spiro atoms. The van der Waals surface area contributed by atoms with E-state index in [1.165, 1.54) is 18.4 Å². The third kappa shape index (κ3) is 3.17. The van der Waals surface area contributed by atoms with Crippen LogP contribution in [0.1, 0.15) is 29.9 Å². The highest BCUT2D eigenvalue weighted by molar-refractivity contribution is 5.78. The smallest absolute Gasteiger partial charge is 0.113 e. The summed E-state index contributed by atoms with van der Waals surface area (Å²) in [5.74, 6) is 8.18. The molecule has 1 aromatic carbocycles. The Morgan fingerprint density at radius 2 is 2.08 bits per heavy atom. The van der Waals surface area contributed by atoms with E-state index >= 15 is 0 Å². The zero-order valence-corrected chi connectivity index (χ0v) is 13.6. The zero-order chi connectivity index (χ0) is 16.4. The minimum absolute atomic E-state index is 0.625. The number of hydrogen-bond donors (Lipinski definition) is 1. The van der Waals surface area contributed by atoms with Crippen LogP contribution in [0.2, 0.25) is 0 Å². The van der Waals surface area contributed by atoms with E-state index in [0.29, 0.717) is 6.54 Å². The van der Waals surface area contributed by atoms with Crippen molar-refractivity contribution in [2.45, 2.75) is 25.8 Å². The fourth-order valence-corrected chi connectivity index (χ4v) is 2.91. The maximum atomic E-state index is 5.76. The lowest BCUT2D eigenvalue weighted by molar-refractivity contribution is 0.609. The van der Waals surface area contributed by atoms with E-state index in [1.54, 1.807) is 6.20 Å². The maximum Gasteiger partial charge on any atom is 0.113 e. The van der Waals surface area contributed by atoms with E-state index < -0.39 is 0 Å². The van der Waals surface area contributed by atoms with Gasteiger partial charge in [0.1, 0.15) is 11.5 Å². The van der Waals surface area contributed by atoms with Gasteiger partial charge in [-0.1, -0.05) is 12.0 Å². The molecule has 0 bridgehead atoms. The molecule has 4 rings (SSSR count). The van der Waals surface area contributed by atoms with Gasteiger partial charge >= 0.3 is 0 Å². The molecule has 2 heterocycles. The molecule has 4 nitrogen and oxygen atoms in total. The van der Waals surface area contributed by atoms with Crippen molar-refractivity contribution in [3.05, 3.63) is 59.7 Å². The summed E-state index contributed by atoms with van der Waals surface area (Å²) in [5.41, 5.74) is 9.69. The second-order valence-corrected chi connectivity index (χ2v) is 6.29. The number of nitrogens with zero attached hydrogens (tertiary/aromatic N) is 3. The molecular formula is C20H20N4. The molecule has 1 fully saturated rings. The zero-order valence-electron chi connectivity index (χ0n) is 13.6. The summed E-state index contributed by atoms with van der Waals surface area (Å²) in [5, 5.41) is 0. The first-order valence-corrected chi connectivity index (χ1v) is 8.46. The number of rotatable bonds is 4. The summed E-state index contributed by atoms with van der Waals surface area (Å²) in [6, 6.07) is 12.0. The van der Waals surface area contributed by atoms with Crippen LogP contribution < -0.4 is 5.73 Å². The average Bonchev–Trinajstić information content (AvgIpc) is 3.37. The molecule has 2 aromatic heterocycles. The molecule has 0 radical (unpaired) electrons. The Balaban J connectivity index is 1.69. The number of pyridine rings is 1. The number of hydrogen-bond acceptors (Lipinski definition) is 3. The van der Waals surface area contributed by atoms with E-state index in [1.807, 2.05) is 18.2 Å². The van der Waals surface area contributed by atoms with Crippen molar-refractivity contribution < 1.29 is 0 Å². The summed E-state index contributed by atoms with van der Waals surface area (Å²) in [4.78, 5) is 9.03. The number of aromatic nitrogens is 3. The van der Waals surface area contributed by atoms with E-state index in [9.17, 15) is 0 Å². The van der Waals surface area contributed by atoms with Crippen molar-refractivity contribution >= 4 is 11.0 Å². The number of fused-ring (bicyclic) bond motifs is 1.